The van der Waals surface area contributed by atoms with Gasteiger partial charge in [-0.1, -0.05) is 12.1 Å². The van der Waals surface area contributed by atoms with Crippen molar-refractivity contribution >= 4 is 17.7 Å². The fourth-order valence-corrected chi connectivity index (χ4v) is 1.22. The zero-order valence-electron chi connectivity index (χ0n) is 9.09. The lowest BCUT2D eigenvalue weighted by Gasteiger charge is -2.13. The summed E-state index contributed by atoms with van der Waals surface area (Å²) in [7, 11) is 0. The van der Waals surface area contributed by atoms with Crippen LogP contribution in [0, 0.1) is 0 Å². The third kappa shape index (κ3) is 3.60. The number of rotatable bonds is 6. The van der Waals surface area contributed by atoms with Crippen LogP contribution in [-0.2, 0) is 4.79 Å². The summed E-state index contributed by atoms with van der Waals surface area (Å²) >= 11 is 0. The molecule has 90 valence electrons. The third-order valence-electron chi connectivity index (χ3n) is 2.02. The van der Waals surface area contributed by atoms with Crippen LogP contribution in [0.5, 0.6) is 0 Å². The van der Waals surface area contributed by atoms with Gasteiger partial charge in [0.25, 0.3) is 5.91 Å². The van der Waals surface area contributed by atoms with Crippen LogP contribution in [0.25, 0.3) is 0 Å². The number of carboxylic acid groups (broad SMARTS) is 1. The van der Waals surface area contributed by atoms with Crippen molar-refractivity contribution in [1.29, 1.82) is 0 Å². The average molecular weight is 235 g/mol. The highest BCUT2D eigenvalue weighted by Gasteiger charge is 2.16. The van der Waals surface area contributed by atoms with Crippen LogP contribution >= 0.6 is 0 Å². The number of nitrogens with one attached hydrogen (secondary N) is 1. The van der Waals surface area contributed by atoms with Crippen molar-refractivity contribution < 1.29 is 14.7 Å². The molecule has 1 atom stereocenters. The molecule has 0 bridgehead atoms. The zero-order chi connectivity index (χ0) is 12.8. The Morgan fingerprint density at radius 1 is 1.59 bits per heavy atom. The van der Waals surface area contributed by atoms with E-state index in [2.05, 4.69) is 16.9 Å². The summed E-state index contributed by atoms with van der Waals surface area (Å²) in [5.41, 5.74) is 5.15. The molecule has 0 aromatic carbocycles. The summed E-state index contributed by atoms with van der Waals surface area (Å²) < 4.78 is 0. The highest BCUT2D eigenvalue weighted by atomic mass is 16.4. The predicted molar refractivity (Wildman–Crippen MR) is 62.6 cm³/mol. The lowest BCUT2D eigenvalue weighted by atomic mass is 10.2. The van der Waals surface area contributed by atoms with Crippen molar-refractivity contribution in [2.75, 3.05) is 5.32 Å². The normalized spacial score (nSPS) is 11.5. The summed E-state index contributed by atoms with van der Waals surface area (Å²) in [6.45, 7) is 3.47. The van der Waals surface area contributed by atoms with Crippen LogP contribution in [0.4, 0.5) is 5.82 Å². The van der Waals surface area contributed by atoms with E-state index in [0.29, 0.717) is 0 Å². The second-order valence-corrected chi connectivity index (χ2v) is 3.33. The fourth-order valence-electron chi connectivity index (χ4n) is 1.22. The molecule has 0 radical (unpaired) electrons. The molecule has 1 amide bonds. The molecule has 0 aliphatic rings. The van der Waals surface area contributed by atoms with Gasteiger partial charge < -0.3 is 16.2 Å². The van der Waals surface area contributed by atoms with Crippen LogP contribution in [0.2, 0.25) is 0 Å². The van der Waals surface area contributed by atoms with Crippen LogP contribution in [0.15, 0.2) is 30.9 Å². The van der Waals surface area contributed by atoms with E-state index in [1.165, 1.54) is 12.1 Å². The maximum absolute atomic E-state index is 10.9. The van der Waals surface area contributed by atoms with Crippen LogP contribution < -0.4 is 11.1 Å². The van der Waals surface area contributed by atoms with E-state index in [0.717, 1.165) is 0 Å². The van der Waals surface area contributed by atoms with E-state index in [-0.39, 0.29) is 17.9 Å². The number of anilines is 1. The number of hydrogen-bond acceptors (Lipinski definition) is 4. The van der Waals surface area contributed by atoms with E-state index in [9.17, 15) is 9.59 Å². The maximum atomic E-state index is 10.9. The summed E-state index contributed by atoms with van der Waals surface area (Å²) in [4.78, 5) is 25.7. The number of carbonyl (C=O) groups excluding carboxylic acids is 1. The van der Waals surface area contributed by atoms with Gasteiger partial charge in [0.1, 0.15) is 17.6 Å². The summed E-state index contributed by atoms with van der Waals surface area (Å²) in [5.74, 6) is -1.39. The van der Waals surface area contributed by atoms with Crippen molar-refractivity contribution in [3.05, 3.63) is 36.5 Å². The fraction of sp³-hybridized carbons (Fsp3) is 0.182. The molecule has 4 N–H and O–H groups in total. The van der Waals surface area contributed by atoms with E-state index in [1.54, 1.807) is 12.1 Å². The van der Waals surface area contributed by atoms with Gasteiger partial charge in [-0.15, -0.1) is 6.58 Å². The van der Waals surface area contributed by atoms with Gasteiger partial charge >= 0.3 is 5.97 Å². The predicted octanol–water partition coefficient (Wildman–Crippen LogP) is 0.622. The number of aliphatic carboxylic acids is 1. The Balaban J connectivity index is 2.85. The molecule has 1 rings (SSSR count). The Hall–Kier alpha value is -2.37. The molecule has 1 aromatic rings. The molecule has 1 aromatic heterocycles. The van der Waals surface area contributed by atoms with E-state index in [4.69, 9.17) is 10.8 Å². The number of carboxylic acids is 1. The van der Waals surface area contributed by atoms with Gasteiger partial charge in [-0.3, -0.25) is 4.79 Å². The zero-order valence-corrected chi connectivity index (χ0v) is 9.09. The molecule has 0 saturated carbocycles. The first-order valence-electron chi connectivity index (χ1n) is 4.91. The second kappa shape index (κ2) is 5.64. The monoisotopic (exact) mass is 235 g/mol. The van der Waals surface area contributed by atoms with Crippen LogP contribution in [0.3, 0.4) is 0 Å². The number of carbonyl (C=O) groups is 2. The molecular weight excluding hydrogens is 222 g/mol. The molecule has 0 saturated heterocycles. The van der Waals surface area contributed by atoms with Crippen LogP contribution in [0.1, 0.15) is 16.9 Å². The minimum Gasteiger partial charge on any atom is -0.480 e. The smallest absolute Gasteiger partial charge is 0.326 e. The SMILES string of the molecule is C=CCC(Nc1cccc(C(N)=O)n1)C(=O)O. The van der Waals surface area contributed by atoms with E-state index in [1.807, 2.05) is 0 Å². The lowest BCUT2D eigenvalue weighted by molar-refractivity contribution is -0.137. The first-order valence-corrected chi connectivity index (χ1v) is 4.91. The molecule has 17 heavy (non-hydrogen) atoms. The Bertz CT molecular complexity index is 445. The quantitative estimate of drug-likeness (QED) is 0.627. The molecule has 0 aliphatic carbocycles. The number of aromatic nitrogens is 1. The summed E-state index contributed by atoms with van der Waals surface area (Å²) in [6, 6.07) is 3.76. The second-order valence-electron chi connectivity index (χ2n) is 3.33. The molecule has 0 fully saturated rings. The highest BCUT2D eigenvalue weighted by molar-refractivity contribution is 5.91. The number of amides is 1. The van der Waals surface area contributed by atoms with Crippen molar-refractivity contribution in [2.24, 2.45) is 5.73 Å². The van der Waals surface area contributed by atoms with E-state index >= 15 is 0 Å². The topological polar surface area (TPSA) is 105 Å². The Morgan fingerprint density at radius 3 is 2.82 bits per heavy atom. The molecule has 0 aliphatic heterocycles. The first kappa shape index (κ1) is 12.7. The lowest BCUT2D eigenvalue weighted by Crippen LogP contribution is -2.29. The summed E-state index contributed by atoms with van der Waals surface area (Å²) in [6.07, 6.45) is 1.74. The number of nitrogens with zero attached hydrogens (tertiary/aromatic N) is 1. The first-order chi connectivity index (χ1) is 8.04. The van der Waals surface area contributed by atoms with E-state index < -0.39 is 17.9 Å². The minimum atomic E-state index is -1.02. The average Bonchev–Trinajstić information content (AvgIpc) is 2.28. The molecule has 6 heteroatoms. The maximum Gasteiger partial charge on any atom is 0.326 e. The van der Waals surface area contributed by atoms with Gasteiger partial charge in [0.2, 0.25) is 0 Å². The van der Waals surface area contributed by atoms with Crippen molar-refractivity contribution in [3.8, 4) is 0 Å². The number of primary amides is 1. The Kier molecular flexibility index (Phi) is 4.21. The summed E-state index contributed by atoms with van der Waals surface area (Å²) in [5, 5.41) is 11.6. The van der Waals surface area contributed by atoms with Gasteiger partial charge in [0, 0.05) is 0 Å². The Labute approximate surface area is 98.2 Å². The van der Waals surface area contributed by atoms with Crippen molar-refractivity contribution in [2.45, 2.75) is 12.5 Å². The standard InChI is InChI=1S/C11H13N3O3/c1-2-4-8(11(16)17)14-9-6-3-5-7(13-9)10(12)15/h2-3,5-6,8H,1,4H2,(H2,12,15)(H,13,14)(H,16,17). The molecular formula is C11H13N3O3. The number of hydrogen-bond donors (Lipinski definition) is 3. The van der Waals surface area contributed by atoms with Crippen LogP contribution in [-0.4, -0.2) is 28.0 Å². The Morgan fingerprint density at radius 2 is 2.29 bits per heavy atom. The number of pyridine rings is 1. The molecule has 1 unspecified atom stereocenters. The van der Waals surface area contributed by atoms with Gasteiger partial charge in [-0.05, 0) is 18.6 Å². The van der Waals surface area contributed by atoms with Gasteiger partial charge in [-0.2, -0.15) is 0 Å². The van der Waals surface area contributed by atoms with Gasteiger partial charge in [0.05, 0.1) is 0 Å². The largest absolute Gasteiger partial charge is 0.480 e. The van der Waals surface area contributed by atoms with Gasteiger partial charge in [0.15, 0.2) is 0 Å². The minimum absolute atomic E-state index is 0.0812. The number of nitrogens with two attached hydrogens (primary N) is 1. The highest BCUT2D eigenvalue weighted by Crippen LogP contribution is 2.08. The molecule has 6 nitrogen and oxygen atoms in total. The third-order valence-corrected chi connectivity index (χ3v) is 2.02. The van der Waals surface area contributed by atoms with Gasteiger partial charge in [-0.25, -0.2) is 9.78 Å². The van der Waals surface area contributed by atoms with Crippen molar-refractivity contribution in [3.63, 3.8) is 0 Å². The van der Waals surface area contributed by atoms with Crippen molar-refractivity contribution in [1.82, 2.24) is 4.98 Å². The molecule has 1 heterocycles. The molecule has 0 spiro atoms.